The van der Waals surface area contributed by atoms with Gasteiger partial charge in [-0.2, -0.15) is 5.10 Å². The maximum Gasteiger partial charge on any atom is 0.0645 e. The molecular weight excluding hydrogens is 278 g/mol. The van der Waals surface area contributed by atoms with Crippen molar-refractivity contribution < 1.29 is 0 Å². The Labute approximate surface area is 129 Å². The van der Waals surface area contributed by atoms with Crippen LogP contribution in [0.1, 0.15) is 28.3 Å². The highest BCUT2D eigenvalue weighted by molar-refractivity contribution is 7.12. The first-order valence-corrected chi connectivity index (χ1v) is 7.93. The zero-order valence-electron chi connectivity index (χ0n) is 12.3. The van der Waals surface area contributed by atoms with Gasteiger partial charge in [0, 0.05) is 34.7 Å². The fourth-order valence-electron chi connectivity index (χ4n) is 2.25. The first-order valence-electron chi connectivity index (χ1n) is 7.11. The van der Waals surface area contributed by atoms with E-state index in [9.17, 15) is 0 Å². The van der Waals surface area contributed by atoms with Gasteiger partial charge >= 0.3 is 0 Å². The second kappa shape index (κ2) is 6.24. The first-order chi connectivity index (χ1) is 10.2. The van der Waals surface area contributed by atoms with Gasteiger partial charge in [0.15, 0.2) is 0 Å². The van der Waals surface area contributed by atoms with Crippen molar-refractivity contribution in [3.05, 3.63) is 70.2 Å². The highest BCUT2D eigenvalue weighted by Gasteiger charge is 2.07. The molecule has 3 rings (SSSR count). The summed E-state index contributed by atoms with van der Waals surface area (Å²) in [5, 5.41) is 7.81. The molecule has 3 aromatic rings. The number of nitrogens with zero attached hydrogens (tertiary/aromatic N) is 2. The molecule has 0 radical (unpaired) electrons. The summed E-state index contributed by atoms with van der Waals surface area (Å²) >= 11 is 1.86. The van der Waals surface area contributed by atoms with Crippen LogP contribution in [0.2, 0.25) is 0 Å². The third-order valence-electron chi connectivity index (χ3n) is 3.51. The molecule has 2 aromatic heterocycles. The zero-order chi connectivity index (χ0) is 14.7. The molecule has 2 heterocycles. The van der Waals surface area contributed by atoms with E-state index in [4.69, 9.17) is 0 Å². The van der Waals surface area contributed by atoms with Gasteiger partial charge in [-0.25, -0.2) is 4.68 Å². The summed E-state index contributed by atoms with van der Waals surface area (Å²) in [6.07, 6.45) is 3.74. The Morgan fingerprint density at radius 2 is 2.00 bits per heavy atom. The van der Waals surface area contributed by atoms with E-state index in [0.29, 0.717) is 6.04 Å². The lowest BCUT2D eigenvalue weighted by molar-refractivity contribution is 0.583. The Balaban J connectivity index is 1.61. The van der Waals surface area contributed by atoms with Crippen LogP contribution in [0.5, 0.6) is 0 Å². The van der Waals surface area contributed by atoms with E-state index in [1.807, 2.05) is 28.3 Å². The molecule has 1 unspecified atom stereocenters. The quantitative estimate of drug-likeness (QED) is 0.768. The van der Waals surface area contributed by atoms with E-state index in [2.05, 4.69) is 60.7 Å². The van der Waals surface area contributed by atoms with Crippen LogP contribution in [0.15, 0.2) is 54.9 Å². The Bertz CT molecular complexity index is 683. The highest BCUT2D eigenvalue weighted by Crippen LogP contribution is 2.22. The van der Waals surface area contributed by atoms with Crippen LogP contribution in [-0.2, 0) is 6.54 Å². The number of hydrogen-bond acceptors (Lipinski definition) is 3. The van der Waals surface area contributed by atoms with Gasteiger partial charge in [0.2, 0.25) is 0 Å². The normalized spacial score (nSPS) is 12.5. The monoisotopic (exact) mass is 297 g/mol. The van der Waals surface area contributed by atoms with Crippen LogP contribution in [0.25, 0.3) is 5.69 Å². The predicted molar refractivity (Wildman–Crippen MR) is 87.9 cm³/mol. The number of thiophene rings is 1. The van der Waals surface area contributed by atoms with Crippen LogP contribution in [0.3, 0.4) is 0 Å². The van der Waals surface area contributed by atoms with Crippen molar-refractivity contribution in [3.63, 3.8) is 0 Å². The molecule has 0 saturated heterocycles. The summed E-state index contributed by atoms with van der Waals surface area (Å²) in [6.45, 7) is 5.23. The standard InChI is InChI=1S/C17H19N3S/c1-13-4-9-17(21-13)14(2)18-12-15-5-7-16(8-6-15)20-11-3-10-19-20/h3-11,14,18H,12H2,1-2H3. The Hall–Kier alpha value is -1.91. The number of hydrogen-bond donors (Lipinski definition) is 1. The van der Waals surface area contributed by atoms with Gasteiger partial charge in [-0.05, 0) is 49.7 Å². The molecule has 0 saturated carbocycles. The van der Waals surface area contributed by atoms with E-state index in [1.165, 1.54) is 15.3 Å². The predicted octanol–water partition coefficient (Wildman–Crippen LogP) is 4.09. The molecule has 1 N–H and O–H groups in total. The summed E-state index contributed by atoms with van der Waals surface area (Å²) in [6, 6.07) is 15.2. The van der Waals surface area contributed by atoms with Gasteiger partial charge < -0.3 is 5.32 Å². The van der Waals surface area contributed by atoms with Gasteiger partial charge in [0.25, 0.3) is 0 Å². The van der Waals surface area contributed by atoms with Gasteiger partial charge in [-0.1, -0.05) is 12.1 Å². The highest BCUT2D eigenvalue weighted by atomic mass is 32.1. The molecule has 0 fully saturated rings. The van der Waals surface area contributed by atoms with Crippen molar-refractivity contribution in [1.29, 1.82) is 0 Å². The summed E-state index contributed by atoms with van der Waals surface area (Å²) in [5.41, 5.74) is 2.37. The first kappa shape index (κ1) is 14.0. The van der Waals surface area contributed by atoms with E-state index in [0.717, 1.165) is 12.2 Å². The molecule has 4 heteroatoms. The number of rotatable bonds is 5. The molecule has 0 spiro atoms. The Morgan fingerprint density at radius 1 is 1.19 bits per heavy atom. The van der Waals surface area contributed by atoms with Crippen LogP contribution in [-0.4, -0.2) is 9.78 Å². The van der Waals surface area contributed by atoms with Gasteiger partial charge in [-0.15, -0.1) is 11.3 Å². The fourth-order valence-corrected chi connectivity index (χ4v) is 3.15. The van der Waals surface area contributed by atoms with Crippen molar-refractivity contribution >= 4 is 11.3 Å². The number of benzene rings is 1. The summed E-state index contributed by atoms with van der Waals surface area (Å²) < 4.78 is 1.87. The Morgan fingerprint density at radius 3 is 2.62 bits per heavy atom. The van der Waals surface area contributed by atoms with E-state index in [-0.39, 0.29) is 0 Å². The maximum atomic E-state index is 4.23. The minimum Gasteiger partial charge on any atom is -0.305 e. The second-order valence-electron chi connectivity index (χ2n) is 5.17. The van der Waals surface area contributed by atoms with Crippen molar-refractivity contribution in [1.82, 2.24) is 15.1 Å². The molecule has 0 bridgehead atoms. The SMILES string of the molecule is Cc1ccc(C(C)NCc2ccc(-n3cccn3)cc2)s1. The average molecular weight is 297 g/mol. The van der Waals surface area contributed by atoms with Gasteiger partial charge in [0.05, 0.1) is 5.69 Å². The third-order valence-corrected chi connectivity index (χ3v) is 4.69. The van der Waals surface area contributed by atoms with Crippen LogP contribution >= 0.6 is 11.3 Å². The van der Waals surface area contributed by atoms with E-state index < -0.39 is 0 Å². The number of aryl methyl sites for hydroxylation is 1. The fraction of sp³-hybridized carbons (Fsp3) is 0.235. The van der Waals surface area contributed by atoms with Crippen LogP contribution in [0, 0.1) is 6.92 Å². The molecular formula is C17H19N3S. The molecule has 21 heavy (non-hydrogen) atoms. The molecule has 0 aliphatic rings. The lowest BCUT2D eigenvalue weighted by Crippen LogP contribution is -2.17. The van der Waals surface area contributed by atoms with Gasteiger partial charge in [-0.3, -0.25) is 0 Å². The molecule has 108 valence electrons. The number of nitrogens with one attached hydrogen (secondary N) is 1. The maximum absolute atomic E-state index is 4.23. The average Bonchev–Trinajstić information content (AvgIpc) is 3.16. The zero-order valence-corrected chi connectivity index (χ0v) is 13.1. The van der Waals surface area contributed by atoms with E-state index >= 15 is 0 Å². The Kier molecular flexibility index (Phi) is 4.18. The number of aromatic nitrogens is 2. The molecule has 0 aliphatic heterocycles. The molecule has 1 atom stereocenters. The van der Waals surface area contributed by atoms with Crippen molar-refractivity contribution in [3.8, 4) is 5.69 Å². The summed E-state index contributed by atoms with van der Waals surface area (Å²) in [4.78, 5) is 2.75. The van der Waals surface area contributed by atoms with E-state index in [1.54, 1.807) is 6.20 Å². The third kappa shape index (κ3) is 3.40. The van der Waals surface area contributed by atoms with Crippen LogP contribution < -0.4 is 5.32 Å². The molecule has 3 nitrogen and oxygen atoms in total. The lowest BCUT2D eigenvalue weighted by Gasteiger charge is -2.12. The lowest BCUT2D eigenvalue weighted by atomic mass is 10.2. The molecule has 0 aliphatic carbocycles. The van der Waals surface area contributed by atoms with Gasteiger partial charge in [0.1, 0.15) is 0 Å². The van der Waals surface area contributed by atoms with Crippen molar-refractivity contribution in [2.75, 3.05) is 0 Å². The van der Waals surface area contributed by atoms with Crippen LogP contribution in [0.4, 0.5) is 0 Å². The summed E-state index contributed by atoms with van der Waals surface area (Å²) in [5.74, 6) is 0. The summed E-state index contributed by atoms with van der Waals surface area (Å²) in [7, 11) is 0. The second-order valence-corrected chi connectivity index (χ2v) is 6.49. The van der Waals surface area contributed by atoms with Crippen molar-refractivity contribution in [2.24, 2.45) is 0 Å². The smallest absolute Gasteiger partial charge is 0.0645 e. The topological polar surface area (TPSA) is 29.9 Å². The molecule has 1 aromatic carbocycles. The molecule has 0 amide bonds. The largest absolute Gasteiger partial charge is 0.305 e. The minimum absolute atomic E-state index is 0.384. The van der Waals surface area contributed by atoms with Crippen molar-refractivity contribution in [2.45, 2.75) is 26.4 Å². The minimum atomic E-state index is 0.384.